The summed E-state index contributed by atoms with van der Waals surface area (Å²) >= 11 is 0. The lowest BCUT2D eigenvalue weighted by Gasteiger charge is -2.11. The summed E-state index contributed by atoms with van der Waals surface area (Å²) < 4.78 is 67.3. The molecule has 0 unspecified atom stereocenters. The molecule has 0 radical (unpaired) electrons. The zero-order valence-electron chi connectivity index (χ0n) is 11.3. The van der Waals surface area contributed by atoms with Crippen molar-refractivity contribution in [1.82, 2.24) is 0 Å². The number of halogens is 3. The maximum Gasteiger partial charge on any atom is 0.417 e. The molecule has 0 saturated carbocycles. The van der Waals surface area contributed by atoms with Crippen LogP contribution in [0.2, 0.25) is 0 Å². The SMILES string of the molecule is CCCOCCS(=O)(=O)c1ccc(C#N)c(C(F)(F)F)c1. The van der Waals surface area contributed by atoms with Gasteiger partial charge < -0.3 is 4.74 Å². The third kappa shape index (κ3) is 4.72. The van der Waals surface area contributed by atoms with Gasteiger partial charge in [0.05, 0.1) is 34.5 Å². The van der Waals surface area contributed by atoms with E-state index in [1.807, 2.05) is 6.92 Å². The molecule has 1 aromatic carbocycles. The summed E-state index contributed by atoms with van der Waals surface area (Å²) in [5.41, 5.74) is -1.86. The molecule has 0 spiro atoms. The molecule has 0 aromatic heterocycles. The lowest BCUT2D eigenvalue weighted by atomic mass is 10.1. The van der Waals surface area contributed by atoms with E-state index in [4.69, 9.17) is 10.00 Å². The lowest BCUT2D eigenvalue weighted by molar-refractivity contribution is -0.137. The average molecular weight is 321 g/mol. The summed E-state index contributed by atoms with van der Waals surface area (Å²) in [6, 6.07) is 3.76. The third-order valence-electron chi connectivity index (χ3n) is 2.62. The molecule has 0 aliphatic rings. The monoisotopic (exact) mass is 321 g/mol. The van der Waals surface area contributed by atoms with Crippen LogP contribution in [0, 0.1) is 11.3 Å². The van der Waals surface area contributed by atoms with E-state index in [-0.39, 0.29) is 6.61 Å². The third-order valence-corrected chi connectivity index (χ3v) is 4.30. The topological polar surface area (TPSA) is 67.2 Å². The van der Waals surface area contributed by atoms with E-state index in [9.17, 15) is 21.6 Å². The molecule has 0 amide bonds. The quantitative estimate of drug-likeness (QED) is 0.756. The van der Waals surface area contributed by atoms with Gasteiger partial charge in [-0.1, -0.05) is 6.92 Å². The fourth-order valence-corrected chi connectivity index (χ4v) is 2.73. The Kier molecular flexibility index (Phi) is 5.75. The highest BCUT2D eigenvalue weighted by molar-refractivity contribution is 7.91. The second-order valence-electron chi connectivity index (χ2n) is 4.25. The van der Waals surface area contributed by atoms with E-state index in [2.05, 4.69) is 0 Å². The molecule has 21 heavy (non-hydrogen) atoms. The van der Waals surface area contributed by atoms with Crippen molar-refractivity contribution < 1.29 is 26.3 Å². The number of hydrogen-bond acceptors (Lipinski definition) is 4. The summed E-state index contributed by atoms with van der Waals surface area (Å²) in [4.78, 5) is -0.464. The maximum absolute atomic E-state index is 12.8. The van der Waals surface area contributed by atoms with Crippen LogP contribution in [0.4, 0.5) is 13.2 Å². The van der Waals surface area contributed by atoms with Gasteiger partial charge in [0.15, 0.2) is 9.84 Å². The van der Waals surface area contributed by atoms with Crippen molar-refractivity contribution in [3.8, 4) is 6.07 Å². The minimum atomic E-state index is -4.78. The molecule has 0 atom stereocenters. The van der Waals surface area contributed by atoms with Gasteiger partial charge in [0.25, 0.3) is 0 Å². The van der Waals surface area contributed by atoms with Gasteiger partial charge in [-0.15, -0.1) is 0 Å². The molecule has 0 N–H and O–H groups in total. The molecule has 0 heterocycles. The number of rotatable bonds is 6. The highest BCUT2D eigenvalue weighted by atomic mass is 32.2. The van der Waals surface area contributed by atoms with Gasteiger partial charge in [-0.3, -0.25) is 0 Å². The zero-order chi connectivity index (χ0) is 16.1. The number of benzene rings is 1. The number of nitriles is 1. The second kappa shape index (κ2) is 6.91. The van der Waals surface area contributed by atoms with Crippen molar-refractivity contribution in [1.29, 1.82) is 5.26 Å². The average Bonchev–Trinajstić information content (AvgIpc) is 2.42. The minimum Gasteiger partial charge on any atom is -0.380 e. The van der Waals surface area contributed by atoms with E-state index in [0.29, 0.717) is 12.7 Å². The Morgan fingerprint density at radius 2 is 1.95 bits per heavy atom. The number of ether oxygens (including phenoxy) is 1. The Bertz CT molecular complexity index is 633. The van der Waals surface area contributed by atoms with E-state index in [0.717, 1.165) is 18.6 Å². The first-order valence-corrected chi connectivity index (χ1v) is 7.79. The van der Waals surface area contributed by atoms with Gasteiger partial charge in [-0.2, -0.15) is 18.4 Å². The lowest BCUT2D eigenvalue weighted by Crippen LogP contribution is -2.15. The molecule has 0 fully saturated rings. The molecule has 0 aliphatic carbocycles. The van der Waals surface area contributed by atoms with Crippen LogP contribution in [-0.4, -0.2) is 27.4 Å². The Hall–Kier alpha value is -1.59. The van der Waals surface area contributed by atoms with Crippen LogP contribution in [-0.2, 0) is 20.8 Å². The van der Waals surface area contributed by atoms with Crippen molar-refractivity contribution in [2.75, 3.05) is 19.0 Å². The molecule has 1 aromatic rings. The predicted molar refractivity (Wildman–Crippen MR) is 69.3 cm³/mol. The molecular weight excluding hydrogens is 307 g/mol. The fourth-order valence-electron chi connectivity index (χ4n) is 1.58. The first-order chi connectivity index (χ1) is 9.72. The largest absolute Gasteiger partial charge is 0.417 e. The van der Waals surface area contributed by atoms with Gasteiger partial charge in [0.2, 0.25) is 0 Å². The van der Waals surface area contributed by atoms with Crippen molar-refractivity contribution >= 4 is 9.84 Å². The first-order valence-electron chi connectivity index (χ1n) is 6.14. The van der Waals surface area contributed by atoms with Gasteiger partial charge >= 0.3 is 6.18 Å². The van der Waals surface area contributed by atoms with E-state index < -0.39 is 37.8 Å². The summed E-state index contributed by atoms with van der Waals surface area (Å²) in [7, 11) is -3.88. The number of hydrogen-bond donors (Lipinski definition) is 0. The number of sulfone groups is 1. The van der Waals surface area contributed by atoms with Crippen LogP contribution >= 0.6 is 0 Å². The van der Waals surface area contributed by atoms with Crippen molar-refractivity contribution in [2.24, 2.45) is 0 Å². The summed E-state index contributed by atoms with van der Waals surface area (Å²) in [6.07, 6.45) is -4.07. The van der Waals surface area contributed by atoms with Crippen LogP contribution in [0.1, 0.15) is 24.5 Å². The van der Waals surface area contributed by atoms with Crippen LogP contribution in [0.5, 0.6) is 0 Å². The molecule has 8 heteroatoms. The van der Waals surface area contributed by atoms with Crippen LogP contribution in [0.25, 0.3) is 0 Å². The van der Waals surface area contributed by atoms with Gasteiger partial charge in [-0.05, 0) is 24.6 Å². The standard InChI is InChI=1S/C13H14F3NO3S/c1-2-5-20-6-7-21(18,19)11-4-3-10(9-17)12(8-11)13(14,15)16/h3-4,8H,2,5-7H2,1H3. The Balaban J connectivity index is 3.06. The summed E-state index contributed by atoms with van der Waals surface area (Å²) in [5, 5.41) is 8.66. The Labute approximate surface area is 121 Å². The Morgan fingerprint density at radius 3 is 2.48 bits per heavy atom. The molecule has 0 bridgehead atoms. The minimum absolute atomic E-state index is 0.0858. The summed E-state index contributed by atoms with van der Waals surface area (Å²) in [5.74, 6) is -0.407. The first kappa shape index (κ1) is 17.5. The van der Waals surface area contributed by atoms with Crippen molar-refractivity contribution in [3.63, 3.8) is 0 Å². The highest BCUT2D eigenvalue weighted by Gasteiger charge is 2.34. The fraction of sp³-hybridized carbons (Fsp3) is 0.462. The molecule has 0 saturated heterocycles. The Morgan fingerprint density at radius 1 is 1.29 bits per heavy atom. The second-order valence-corrected chi connectivity index (χ2v) is 6.36. The number of alkyl halides is 3. The molecule has 116 valence electrons. The van der Waals surface area contributed by atoms with Crippen LogP contribution in [0.15, 0.2) is 23.1 Å². The normalized spacial score (nSPS) is 12.1. The van der Waals surface area contributed by atoms with Gasteiger partial charge in [-0.25, -0.2) is 8.42 Å². The van der Waals surface area contributed by atoms with Crippen molar-refractivity contribution in [3.05, 3.63) is 29.3 Å². The van der Waals surface area contributed by atoms with Crippen molar-refractivity contribution in [2.45, 2.75) is 24.4 Å². The van der Waals surface area contributed by atoms with Crippen LogP contribution in [0.3, 0.4) is 0 Å². The van der Waals surface area contributed by atoms with E-state index >= 15 is 0 Å². The molecular formula is C13H14F3NO3S. The maximum atomic E-state index is 12.8. The predicted octanol–water partition coefficient (Wildman–Crippen LogP) is 2.78. The van der Waals surface area contributed by atoms with E-state index in [1.165, 1.54) is 6.07 Å². The molecule has 0 aliphatic heterocycles. The smallest absolute Gasteiger partial charge is 0.380 e. The number of nitrogens with zero attached hydrogens (tertiary/aromatic N) is 1. The zero-order valence-corrected chi connectivity index (χ0v) is 12.1. The summed E-state index contributed by atoms with van der Waals surface area (Å²) in [6.45, 7) is 2.15. The van der Waals surface area contributed by atoms with E-state index in [1.54, 1.807) is 0 Å². The van der Waals surface area contributed by atoms with Crippen LogP contribution < -0.4 is 0 Å². The molecule has 4 nitrogen and oxygen atoms in total. The highest BCUT2D eigenvalue weighted by Crippen LogP contribution is 2.33. The van der Waals surface area contributed by atoms with Gasteiger partial charge in [0, 0.05) is 6.61 Å². The van der Waals surface area contributed by atoms with Gasteiger partial charge in [0.1, 0.15) is 0 Å². The molecule has 1 rings (SSSR count).